The first-order valence-electron chi connectivity index (χ1n) is 9.18. The number of carbonyl (C=O) groups is 1. The number of benzene rings is 2. The molecule has 0 aliphatic carbocycles. The molecule has 0 saturated carbocycles. The molecule has 3 N–H and O–H groups in total. The number of halogens is 2. The lowest BCUT2D eigenvalue weighted by Crippen LogP contribution is -2.38. The summed E-state index contributed by atoms with van der Waals surface area (Å²) in [7, 11) is 4.91. The Bertz CT molecular complexity index is 877. The quantitative estimate of drug-likeness (QED) is 0.265. The van der Waals surface area contributed by atoms with Crippen LogP contribution < -0.4 is 25.4 Å². The Kier molecular flexibility index (Phi) is 11.3. The minimum absolute atomic E-state index is 0. The Morgan fingerprint density at radius 3 is 2.57 bits per heavy atom. The topological polar surface area (TPSA) is 84.0 Å². The summed E-state index contributed by atoms with van der Waals surface area (Å²) in [4.78, 5) is 16.4. The van der Waals surface area contributed by atoms with Crippen molar-refractivity contribution in [3.8, 4) is 11.5 Å². The van der Waals surface area contributed by atoms with E-state index < -0.39 is 0 Å². The molecule has 9 heteroatoms. The summed E-state index contributed by atoms with van der Waals surface area (Å²) in [5, 5.41) is 9.83. The molecule has 0 aliphatic heterocycles. The average Bonchev–Trinajstić information content (AvgIpc) is 2.73. The third-order valence-corrected chi connectivity index (χ3v) is 4.76. The second kappa shape index (κ2) is 13.2. The zero-order chi connectivity index (χ0) is 21.2. The first-order chi connectivity index (χ1) is 14.0. The number of nitrogens with zero attached hydrogens (tertiary/aromatic N) is 1. The largest absolute Gasteiger partial charge is 0.497 e. The molecule has 0 unspecified atom stereocenters. The van der Waals surface area contributed by atoms with E-state index in [1.165, 1.54) is 0 Å². The van der Waals surface area contributed by atoms with Crippen molar-refractivity contribution in [2.45, 2.75) is 19.9 Å². The predicted octanol–water partition coefficient (Wildman–Crippen LogP) is 3.98. The molecule has 0 aromatic heterocycles. The lowest BCUT2D eigenvalue weighted by molar-refractivity contribution is -0.116. The number of anilines is 1. The second-order valence-corrected chi connectivity index (χ2v) is 6.65. The molecule has 0 spiro atoms. The zero-order valence-corrected chi connectivity index (χ0v) is 20.6. The van der Waals surface area contributed by atoms with Gasteiger partial charge in [-0.2, -0.15) is 0 Å². The summed E-state index contributed by atoms with van der Waals surface area (Å²) in [6.07, 6.45) is 0.290. The Balaban J connectivity index is 0.00000450. The van der Waals surface area contributed by atoms with Gasteiger partial charge in [0.25, 0.3) is 0 Å². The molecule has 0 atom stereocenters. The number of guanidine groups is 1. The van der Waals surface area contributed by atoms with Gasteiger partial charge in [0.15, 0.2) is 5.96 Å². The van der Waals surface area contributed by atoms with Crippen LogP contribution in [0.1, 0.15) is 17.5 Å². The lowest BCUT2D eigenvalue weighted by Gasteiger charge is -2.14. The van der Waals surface area contributed by atoms with Crippen LogP contribution in [0.15, 0.2) is 41.4 Å². The van der Waals surface area contributed by atoms with Crippen LogP contribution >= 0.6 is 35.6 Å². The molecule has 1 amide bonds. The first-order valence-corrected chi connectivity index (χ1v) is 9.56. The molecule has 164 valence electrons. The van der Waals surface area contributed by atoms with Crippen molar-refractivity contribution in [1.29, 1.82) is 0 Å². The van der Waals surface area contributed by atoms with Crippen LogP contribution in [0.25, 0.3) is 0 Å². The summed E-state index contributed by atoms with van der Waals surface area (Å²) < 4.78 is 10.6. The van der Waals surface area contributed by atoms with Gasteiger partial charge in [-0.3, -0.25) is 9.79 Å². The highest BCUT2D eigenvalue weighted by atomic mass is 127. The van der Waals surface area contributed by atoms with Gasteiger partial charge in [-0.1, -0.05) is 17.7 Å². The molecule has 2 aromatic rings. The highest BCUT2D eigenvalue weighted by Crippen LogP contribution is 2.24. The van der Waals surface area contributed by atoms with Crippen molar-refractivity contribution in [2.75, 3.05) is 33.1 Å². The Morgan fingerprint density at radius 2 is 1.90 bits per heavy atom. The number of carbonyl (C=O) groups excluding carboxylic acids is 1. The maximum atomic E-state index is 12.2. The molecule has 0 heterocycles. The van der Waals surface area contributed by atoms with Crippen LogP contribution in [0.5, 0.6) is 11.5 Å². The fraction of sp³-hybridized carbons (Fsp3) is 0.333. The molecular formula is C21H28ClIN4O3. The van der Waals surface area contributed by atoms with E-state index in [1.54, 1.807) is 27.3 Å². The summed E-state index contributed by atoms with van der Waals surface area (Å²) in [5.74, 6) is 1.95. The van der Waals surface area contributed by atoms with Crippen molar-refractivity contribution < 1.29 is 14.3 Å². The van der Waals surface area contributed by atoms with Gasteiger partial charge in [-0.25, -0.2) is 0 Å². The molecule has 2 rings (SSSR count). The highest BCUT2D eigenvalue weighted by Gasteiger charge is 2.09. The van der Waals surface area contributed by atoms with Crippen molar-refractivity contribution in [2.24, 2.45) is 4.99 Å². The van der Waals surface area contributed by atoms with Crippen LogP contribution in [0, 0.1) is 6.92 Å². The maximum absolute atomic E-state index is 12.2. The Morgan fingerprint density at radius 1 is 1.13 bits per heavy atom. The summed E-state index contributed by atoms with van der Waals surface area (Å²) >= 11 is 6.08. The number of hydrogen-bond donors (Lipinski definition) is 3. The van der Waals surface area contributed by atoms with Gasteiger partial charge in [0.05, 0.1) is 14.2 Å². The molecule has 0 radical (unpaired) electrons. The van der Waals surface area contributed by atoms with Gasteiger partial charge < -0.3 is 25.4 Å². The molecule has 0 bridgehead atoms. The van der Waals surface area contributed by atoms with E-state index in [2.05, 4.69) is 20.9 Å². The summed E-state index contributed by atoms with van der Waals surface area (Å²) in [6, 6.07) is 11.1. The van der Waals surface area contributed by atoms with Crippen LogP contribution in [-0.4, -0.2) is 39.7 Å². The number of methoxy groups -OCH3 is 2. The number of hydrogen-bond acceptors (Lipinski definition) is 4. The standard InChI is InChI=1S/C21H27ClN4O3.HI/c1-14-17(22)6-5-7-18(14)26-20(27)10-11-24-21(23-2)25-13-15-8-9-16(28-3)12-19(15)29-4;/h5-9,12H,10-11,13H2,1-4H3,(H,26,27)(H2,23,24,25);1H. The number of rotatable bonds is 8. The van der Waals surface area contributed by atoms with E-state index in [4.69, 9.17) is 21.1 Å². The molecule has 2 aromatic carbocycles. The van der Waals surface area contributed by atoms with E-state index in [9.17, 15) is 4.79 Å². The third kappa shape index (κ3) is 7.56. The molecule has 0 saturated heterocycles. The van der Waals surface area contributed by atoms with Gasteiger partial charge in [0.1, 0.15) is 11.5 Å². The normalized spacial score (nSPS) is 10.6. The van der Waals surface area contributed by atoms with E-state index >= 15 is 0 Å². The fourth-order valence-corrected chi connectivity index (χ4v) is 2.82. The van der Waals surface area contributed by atoms with Crippen LogP contribution in [0.2, 0.25) is 5.02 Å². The number of aliphatic imine (C=N–C) groups is 1. The molecule has 30 heavy (non-hydrogen) atoms. The van der Waals surface area contributed by atoms with Crippen LogP contribution in [0.3, 0.4) is 0 Å². The number of amides is 1. The van der Waals surface area contributed by atoms with Crippen molar-refractivity contribution in [1.82, 2.24) is 10.6 Å². The minimum Gasteiger partial charge on any atom is -0.497 e. The van der Waals surface area contributed by atoms with E-state index in [-0.39, 0.29) is 29.9 Å². The van der Waals surface area contributed by atoms with Crippen molar-refractivity contribution in [3.05, 3.63) is 52.5 Å². The van der Waals surface area contributed by atoms with Gasteiger partial charge in [-0.15, -0.1) is 24.0 Å². The van der Waals surface area contributed by atoms with E-state index in [0.717, 1.165) is 28.3 Å². The van der Waals surface area contributed by atoms with Crippen molar-refractivity contribution in [3.63, 3.8) is 0 Å². The molecule has 0 aliphatic rings. The van der Waals surface area contributed by atoms with Gasteiger partial charge in [-0.05, 0) is 36.8 Å². The van der Waals surface area contributed by atoms with Crippen LogP contribution in [0.4, 0.5) is 5.69 Å². The smallest absolute Gasteiger partial charge is 0.226 e. The Labute approximate surface area is 199 Å². The molecular weight excluding hydrogens is 519 g/mol. The Hall–Kier alpha value is -2.20. The second-order valence-electron chi connectivity index (χ2n) is 6.24. The zero-order valence-electron chi connectivity index (χ0n) is 17.5. The maximum Gasteiger partial charge on any atom is 0.226 e. The van der Waals surface area contributed by atoms with E-state index in [1.807, 2.05) is 37.3 Å². The molecule has 7 nitrogen and oxygen atoms in total. The third-order valence-electron chi connectivity index (χ3n) is 4.35. The predicted molar refractivity (Wildman–Crippen MR) is 133 cm³/mol. The summed E-state index contributed by atoms with van der Waals surface area (Å²) in [6.45, 7) is 2.82. The van der Waals surface area contributed by atoms with Gasteiger partial charge in [0, 0.05) is 48.9 Å². The number of nitrogens with one attached hydrogen (secondary N) is 3. The average molecular weight is 547 g/mol. The minimum atomic E-state index is -0.102. The monoisotopic (exact) mass is 546 g/mol. The van der Waals surface area contributed by atoms with Gasteiger partial charge >= 0.3 is 0 Å². The molecule has 0 fully saturated rings. The summed E-state index contributed by atoms with van der Waals surface area (Å²) in [5.41, 5.74) is 2.53. The highest BCUT2D eigenvalue weighted by molar-refractivity contribution is 14.0. The fourth-order valence-electron chi connectivity index (χ4n) is 2.65. The SMILES string of the molecule is CN=C(NCCC(=O)Nc1cccc(Cl)c1C)NCc1ccc(OC)cc1OC.I. The van der Waals surface area contributed by atoms with Crippen molar-refractivity contribution >= 4 is 53.1 Å². The number of ether oxygens (including phenoxy) is 2. The van der Waals surface area contributed by atoms with E-state index in [0.29, 0.717) is 30.5 Å². The van der Waals surface area contributed by atoms with Crippen LogP contribution in [-0.2, 0) is 11.3 Å². The van der Waals surface area contributed by atoms with Gasteiger partial charge in [0.2, 0.25) is 5.91 Å². The first kappa shape index (κ1) is 25.8. The lowest BCUT2D eigenvalue weighted by atomic mass is 10.2.